The summed E-state index contributed by atoms with van der Waals surface area (Å²) in [5.41, 5.74) is 4.27. The minimum absolute atomic E-state index is 0.0369. The van der Waals surface area contributed by atoms with E-state index in [-0.39, 0.29) is 34.1 Å². The third-order valence-corrected chi connectivity index (χ3v) is 10.3. The van der Waals surface area contributed by atoms with E-state index in [0.29, 0.717) is 0 Å². The van der Waals surface area contributed by atoms with Crippen LogP contribution < -0.4 is 16.9 Å². The molecule has 3 aliphatic rings. The van der Waals surface area contributed by atoms with Gasteiger partial charge < -0.3 is 30.4 Å². The zero-order valence-corrected chi connectivity index (χ0v) is 26.1. The van der Waals surface area contributed by atoms with Crippen LogP contribution in [0.2, 0.25) is 0 Å². The van der Waals surface area contributed by atoms with Gasteiger partial charge >= 0.3 is 13.6 Å². The van der Waals surface area contributed by atoms with Crippen molar-refractivity contribution in [3.8, 4) is 0 Å². The summed E-state index contributed by atoms with van der Waals surface area (Å²) in [7, 11) is 0. The number of imidazole rings is 2. The van der Waals surface area contributed by atoms with Crippen molar-refractivity contribution in [3.05, 3.63) is 39.2 Å². The lowest BCUT2D eigenvalue weighted by molar-refractivity contribution is -0.126. The zero-order chi connectivity index (χ0) is 32.0. The second-order valence-electron chi connectivity index (χ2n) is 10.2. The van der Waals surface area contributed by atoms with Gasteiger partial charge in [-0.25, -0.2) is 24.1 Å². The third-order valence-electron chi connectivity index (χ3n) is 7.18. The summed E-state index contributed by atoms with van der Waals surface area (Å²) < 4.78 is 63.1. The highest BCUT2D eigenvalue weighted by Gasteiger charge is 2.55. The molecule has 0 radical (unpaired) electrons. The van der Waals surface area contributed by atoms with Crippen molar-refractivity contribution in [2.75, 3.05) is 12.3 Å². The third kappa shape index (κ3) is 5.45. The Bertz CT molecular complexity index is 2040. The van der Waals surface area contributed by atoms with Gasteiger partial charge in [0.05, 0.1) is 19.3 Å². The number of fused-ring (bicyclic) bond motifs is 4. The summed E-state index contributed by atoms with van der Waals surface area (Å²) in [6.07, 6.45) is -10.0. The van der Waals surface area contributed by atoms with Crippen LogP contribution in [-0.2, 0) is 36.7 Å². The molecule has 0 saturated carbocycles. The standard InChI is InChI=1S/C20H23N9O12P2S2/c1-5-24-13-7(15(32)25-5)22-3-28(13)17-9(30)11-6(37-17)2-36-42(34,44)40-12-10(31)18(38-19(12)41-43(35,45)39-11)29-4-23-8-14(29)26-20(21)27-16(8)33/h3-4,6,9-12,17-19,30-31H,2H2,1H3,(H,34,44)(H,35,45)(H,24,25,32)(H3,21,26,27,33)/t6-,9?,10?,11+,12-,17-,18-,19-,42+,43-/m1/s1. The number of nitrogens with two attached hydrogens (primary N) is 1. The van der Waals surface area contributed by atoms with Crippen LogP contribution in [0.4, 0.5) is 5.95 Å². The normalized spacial score (nSPS) is 37.4. The number of nitrogens with zero attached hydrogens (tertiary/aromatic N) is 6. The maximum Gasteiger partial charge on any atom is 0.388 e. The van der Waals surface area contributed by atoms with Crippen molar-refractivity contribution in [2.24, 2.45) is 0 Å². The predicted octanol–water partition coefficient (Wildman–Crippen LogP) is -0.489. The summed E-state index contributed by atoms with van der Waals surface area (Å²) in [5.74, 6) is 0.0111. The van der Waals surface area contributed by atoms with Crippen molar-refractivity contribution in [1.29, 1.82) is 0 Å². The fourth-order valence-electron chi connectivity index (χ4n) is 5.27. The largest absolute Gasteiger partial charge is 0.388 e. The lowest BCUT2D eigenvalue weighted by Gasteiger charge is -2.25. The molecule has 45 heavy (non-hydrogen) atoms. The van der Waals surface area contributed by atoms with Gasteiger partial charge in [0.25, 0.3) is 11.1 Å². The van der Waals surface area contributed by atoms with Gasteiger partial charge in [0.1, 0.15) is 36.3 Å². The maximum absolute atomic E-state index is 13.6. The van der Waals surface area contributed by atoms with Crippen molar-refractivity contribution in [2.45, 2.75) is 56.2 Å². The van der Waals surface area contributed by atoms with Crippen LogP contribution in [0, 0.1) is 6.92 Å². The molecule has 10 atom stereocenters. The van der Waals surface area contributed by atoms with Crippen LogP contribution in [0.15, 0.2) is 22.2 Å². The molecule has 0 spiro atoms. The molecule has 25 heteroatoms. The molecular weight excluding hydrogens is 684 g/mol. The number of ether oxygens (including phenoxy) is 2. The van der Waals surface area contributed by atoms with Gasteiger partial charge in [0, 0.05) is 0 Å². The van der Waals surface area contributed by atoms with E-state index in [1.54, 1.807) is 6.92 Å². The van der Waals surface area contributed by atoms with E-state index in [0.717, 1.165) is 10.9 Å². The highest BCUT2D eigenvalue weighted by atomic mass is 32.7. The molecule has 0 aliphatic carbocycles. The quantitative estimate of drug-likeness (QED) is 0.102. The van der Waals surface area contributed by atoms with E-state index < -0.39 is 80.6 Å². The van der Waals surface area contributed by atoms with Crippen molar-refractivity contribution in [3.63, 3.8) is 0 Å². The van der Waals surface area contributed by atoms with Crippen LogP contribution in [-0.4, -0.2) is 92.7 Å². The molecule has 2 unspecified atom stereocenters. The van der Waals surface area contributed by atoms with E-state index in [1.807, 2.05) is 0 Å². The number of thiol groups is 2. The van der Waals surface area contributed by atoms with Crippen LogP contribution in [0.1, 0.15) is 18.3 Å². The molecule has 7 heterocycles. The zero-order valence-electron chi connectivity index (χ0n) is 22.5. The van der Waals surface area contributed by atoms with Gasteiger partial charge in [0.15, 0.2) is 41.1 Å². The lowest BCUT2D eigenvalue weighted by atomic mass is 10.1. The van der Waals surface area contributed by atoms with Crippen LogP contribution in [0.5, 0.6) is 0 Å². The number of H-pyrrole nitrogens is 2. The minimum Gasteiger partial charge on any atom is -0.386 e. The van der Waals surface area contributed by atoms with Crippen molar-refractivity contribution in [1.82, 2.24) is 39.0 Å². The number of aliphatic hydroxyl groups is 2. The first-order valence-electron chi connectivity index (χ1n) is 12.9. The van der Waals surface area contributed by atoms with Crippen LogP contribution >= 0.6 is 38.1 Å². The number of hydrogen-bond donors (Lipinski definition) is 7. The highest BCUT2D eigenvalue weighted by Crippen LogP contribution is 2.62. The average molecular weight is 708 g/mol. The van der Waals surface area contributed by atoms with E-state index in [9.17, 15) is 28.9 Å². The fraction of sp³-hybridized carbons (Fsp3) is 0.500. The minimum atomic E-state index is -4.55. The van der Waals surface area contributed by atoms with Gasteiger partial charge in [-0.15, -0.1) is 0 Å². The average Bonchev–Trinajstić information content (AvgIpc) is 3.69. The number of hydrogen-bond acceptors (Lipinski definition) is 17. The van der Waals surface area contributed by atoms with Crippen molar-refractivity contribution < 1.29 is 46.9 Å². The monoisotopic (exact) mass is 707 g/mol. The number of aryl methyl sites for hydroxylation is 1. The first-order chi connectivity index (χ1) is 21.2. The first-order valence-corrected chi connectivity index (χ1v) is 18.3. The highest BCUT2D eigenvalue weighted by molar-refractivity contribution is 8.44. The van der Waals surface area contributed by atoms with Gasteiger partial charge in [-0.1, -0.05) is 24.5 Å². The molecule has 6 N–H and O–H groups in total. The Balaban J connectivity index is 1.21. The number of anilines is 1. The van der Waals surface area contributed by atoms with Gasteiger partial charge in [-0.3, -0.25) is 41.8 Å². The van der Waals surface area contributed by atoms with Gasteiger partial charge in [-0.2, -0.15) is 4.98 Å². The number of aromatic nitrogens is 8. The number of nitrogen functional groups attached to an aromatic ring is 1. The summed E-state index contributed by atoms with van der Waals surface area (Å²) in [5, 5.41) is 22.5. The van der Waals surface area contributed by atoms with Crippen molar-refractivity contribution >= 4 is 66.4 Å². The Morgan fingerprint density at radius 1 is 0.889 bits per heavy atom. The molecular formula is C20H23N9O12P2S2. The van der Waals surface area contributed by atoms with Crippen LogP contribution in [0.25, 0.3) is 22.3 Å². The molecule has 3 aliphatic heterocycles. The lowest BCUT2D eigenvalue weighted by Crippen LogP contribution is -2.36. The van der Waals surface area contributed by atoms with Gasteiger partial charge in [-0.05, 0) is 6.92 Å². The smallest absolute Gasteiger partial charge is 0.386 e. The number of aliphatic hydroxyl groups excluding tert-OH is 2. The molecule has 0 bridgehead atoms. The number of aromatic amines is 2. The van der Waals surface area contributed by atoms with Crippen LogP contribution in [0.3, 0.4) is 0 Å². The Morgan fingerprint density at radius 3 is 2.16 bits per heavy atom. The predicted molar refractivity (Wildman–Crippen MR) is 155 cm³/mol. The Hall–Kier alpha value is -2.66. The molecule has 3 saturated heterocycles. The summed E-state index contributed by atoms with van der Waals surface area (Å²) in [4.78, 5) is 45.7. The first kappa shape index (κ1) is 31.0. The Labute approximate surface area is 259 Å². The molecule has 242 valence electrons. The number of nitrogens with one attached hydrogen (secondary N) is 2. The molecule has 4 aromatic rings. The fourth-order valence-corrected chi connectivity index (χ4v) is 8.38. The number of rotatable bonds is 2. The second kappa shape index (κ2) is 11.0. The van der Waals surface area contributed by atoms with E-state index >= 15 is 0 Å². The van der Waals surface area contributed by atoms with E-state index in [2.05, 4.69) is 54.4 Å². The second-order valence-corrected chi connectivity index (χ2v) is 15.9. The molecule has 3 fully saturated rings. The summed E-state index contributed by atoms with van der Waals surface area (Å²) >= 11 is 8.04. The topological polar surface area (TPSA) is 283 Å². The van der Waals surface area contributed by atoms with E-state index in [4.69, 9.17) is 33.3 Å². The summed E-state index contributed by atoms with van der Waals surface area (Å²) in [6, 6.07) is 0. The maximum atomic E-state index is 13.6. The molecule has 7 rings (SSSR count). The summed E-state index contributed by atoms with van der Waals surface area (Å²) in [6.45, 7) is -7.99. The molecule has 0 amide bonds. The SMILES string of the molecule is Cc1nc2c(ncn2[C@@H]2O[C@@H]3CO[P@](=O)(S)O[C@@H]4C(O)[C@H](n5cnc6c(=O)[nH]c(N)nc65)O[C@@H]4O[P@](=O)(S)O[C@@H]3C2O)c(=O)[nH]1. The molecule has 4 aromatic heterocycles. The molecule has 21 nitrogen and oxygen atoms in total. The van der Waals surface area contributed by atoms with E-state index in [1.165, 1.54) is 10.9 Å². The Morgan fingerprint density at radius 2 is 1.47 bits per heavy atom. The molecule has 0 aromatic carbocycles. The van der Waals surface area contributed by atoms with Gasteiger partial charge in [0.2, 0.25) is 5.95 Å². The Kier molecular flexibility index (Phi) is 7.54.